The summed E-state index contributed by atoms with van der Waals surface area (Å²) in [6, 6.07) is 16.1. The number of amides is 2. The van der Waals surface area contributed by atoms with Gasteiger partial charge in [-0.1, -0.05) is 12.1 Å². The Bertz CT molecular complexity index is 1260. The Morgan fingerprint density at radius 3 is 2.14 bits per heavy atom. The molecule has 0 atom stereocenters. The number of methoxy groups -OCH3 is 3. The molecule has 0 radical (unpaired) electrons. The number of rotatable bonds is 8. The van der Waals surface area contributed by atoms with Gasteiger partial charge in [0.05, 0.1) is 34.5 Å². The number of carbonyl (C=O) groups is 2. The quantitative estimate of drug-likeness (QED) is 0.469. The molecule has 0 saturated carbocycles. The summed E-state index contributed by atoms with van der Waals surface area (Å²) in [5.41, 5.74) is 3.84. The van der Waals surface area contributed by atoms with Crippen LogP contribution >= 0.6 is 0 Å². The van der Waals surface area contributed by atoms with Crippen molar-refractivity contribution in [2.24, 2.45) is 0 Å². The van der Waals surface area contributed by atoms with Crippen LogP contribution in [0, 0.1) is 6.92 Å². The lowest BCUT2D eigenvalue weighted by Gasteiger charge is -2.29. The molecule has 3 aromatic rings. The number of hydrogen-bond acceptors (Lipinski definition) is 7. The number of carbonyl (C=O) groups excluding carboxylic acids is 2. The Hall–Kier alpha value is -4.24. The average Bonchev–Trinajstić information content (AvgIpc) is 2.94. The standard InChI is InChI=1S/C28H31N3O6/c1-18-8-9-21(29-27(32)19-6-5-7-22(14-19)31-10-12-37-13-11-31)17-23(18)30-28(33)20-15-24(34-2)26(36-4)25(16-20)35-3/h5-9,14-17H,10-13H2,1-4H3,(H,29,32)(H,30,33). The molecule has 3 aromatic carbocycles. The topological polar surface area (TPSA) is 98.4 Å². The third-order valence-corrected chi connectivity index (χ3v) is 6.16. The Labute approximate surface area is 216 Å². The van der Waals surface area contributed by atoms with Crippen molar-refractivity contribution >= 4 is 28.9 Å². The Balaban J connectivity index is 1.51. The first kappa shape index (κ1) is 25.8. The molecule has 1 aliphatic heterocycles. The van der Waals surface area contributed by atoms with E-state index in [-0.39, 0.29) is 11.8 Å². The number of anilines is 3. The summed E-state index contributed by atoms with van der Waals surface area (Å²) < 4.78 is 21.5. The molecule has 4 rings (SSSR count). The molecule has 2 amide bonds. The van der Waals surface area contributed by atoms with Crippen molar-refractivity contribution < 1.29 is 28.5 Å². The Morgan fingerprint density at radius 1 is 0.811 bits per heavy atom. The van der Waals surface area contributed by atoms with E-state index in [1.165, 1.54) is 21.3 Å². The number of benzene rings is 3. The Morgan fingerprint density at radius 2 is 1.49 bits per heavy atom. The van der Waals surface area contributed by atoms with Gasteiger partial charge in [0, 0.05) is 41.3 Å². The lowest BCUT2D eigenvalue weighted by Crippen LogP contribution is -2.36. The highest BCUT2D eigenvalue weighted by Crippen LogP contribution is 2.38. The predicted octanol–water partition coefficient (Wildman–Crippen LogP) is 4.36. The zero-order chi connectivity index (χ0) is 26.4. The molecular weight excluding hydrogens is 474 g/mol. The molecule has 0 aromatic heterocycles. The third-order valence-electron chi connectivity index (χ3n) is 6.16. The second-order valence-corrected chi connectivity index (χ2v) is 8.50. The van der Waals surface area contributed by atoms with Crippen molar-refractivity contribution in [2.45, 2.75) is 6.92 Å². The minimum absolute atomic E-state index is 0.235. The molecule has 1 aliphatic rings. The van der Waals surface area contributed by atoms with Crippen LogP contribution in [-0.2, 0) is 4.74 Å². The maximum absolute atomic E-state index is 13.1. The summed E-state index contributed by atoms with van der Waals surface area (Å²) in [5.74, 6) is 0.568. The van der Waals surface area contributed by atoms with E-state index in [2.05, 4.69) is 15.5 Å². The molecule has 0 unspecified atom stereocenters. The lowest BCUT2D eigenvalue weighted by atomic mass is 10.1. The normalized spacial score (nSPS) is 13.0. The van der Waals surface area contributed by atoms with E-state index in [1.54, 1.807) is 30.3 Å². The van der Waals surface area contributed by atoms with Crippen LogP contribution in [0.25, 0.3) is 0 Å². The van der Waals surface area contributed by atoms with Crippen molar-refractivity contribution in [2.75, 3.05) is 63.2 Å². The molecule has 1 heterocycles. The molecule has 9 nitrogen and oxygen atoms in total. The molecule has 2 N–H and O–H groups in total. The van der Waals surface area contributed by atoms with Gasteiger partial charge in [0.2, 0.25) is 5.75 Å². The number of morpholine rings is 1. The minimum atomic E-state index is -0.357. The van der Waals surface area contributed by atoms with Gasteiger partial charge in [-0.2, -0.15) is 0 Å². The van der Waals surface area contributed by atoms with Crippen molar-refractivity contribution in [1.82, 2.24) is 0 Å². The highest BCUT2D eigenvalue weighted by Gasteiger charge is 2.18. The smallest absolute Gasteiger partial charge is 0.255 e. The molecule has 194 valence electrons. The van der Waals surface area contributed by atoms with Crippen molar-refractivity contribution in [3.63, 3.8) is 0 Å². The number of nitrogens with one attached hydrogen (secondary N) is 2. The Kier molecular flexibility index (Phi) is 8.15. The highest BCUT2D eigenvalue weighted by molar-refractivity contribution is 6.07. The van der Waals surface area contributed by atoms with Gasteiger partial charge in [0.1, 0.15) is 0 Å². The predicted molar refractivity (Wildman–Crippen MR) is 143 cm³/mol. The van der Waals surface area contributed by atoms with Crippen molar-refractivity contribution in [1.29, 1.82) is 0 Å². The number of nitrogens with zero attached hydrogens (tertiary/aromatic N) is 1. The summed E-state index contributed by atoms with van der Waals surface area (Å²) in [6.07, 6.45) is 0. The van der Waals surface area contributed by atoms with Gasteiger partial charge in [-0.15, -0.1) is 0 Å². The molecule has 1 saturated heterocycles. The second kappa shape index (κ2) is 11.7. The number of hydrogen-bond donors (Lipinski definition) is 2. The van der Waals surface area contributed by atoms with Crippen molar-refractivity contribution in [3.8, 4) is 17.2 Å². The van der Waals surface area contributed by atoms with Crippen LogP contribution in [0.3, 0.4) is 0 Å². The van der Waals surface area contributed by atoms with E-state index in [0.717, 1.165) is 24.3 Å². The van der Waals surface area contributed by atoms with Crippen LogP contribution in [0.2, 0.25) is 0 Å². The van der Waals surface area contributed by atoms with Gasteiger partial charge in [-0.05, 0) is 55.0 Å². The minimum Gasteiger partial charge on any atom is -0.493 e. The summed E-state index contributed by atoms with van der Waals surface area (Å²) in [4.78, 5) is 28.3. The second-order valence-electron chi connectivity index (χ2n) is 8.50. The van der Waals surface area contributed by atoms with Crippen LogP contribution in [0.4, 0.5) is 17.1 Å². The van der Waals surface area contributed by atoms with Gasteiger partial charge in [-0.25, -0.2) is 0 Å². The van der Waals surface area contributed by atoms with Crippen LogP contribution in [0.15, 0.2) is 54.6 Å². The van der Waals surface area contributed by atoms with Gasteiger partial charge in [0.15, 0.2) is 11.5 Å². The maximum atomic E-state index is 13.1. The number of ether oxygens (including phenoxy) is 4. The molecule has 9 heteroatoms. The highest BCUT2D eigenvalue weighted by atomic mass is 16.5. The summed E-state index contributed by atoms with van der Waals surface area (Å²) in [7, 11) is 4.49. The van der Waals surface area contributed by atoms with E-state index in [1.807, 2.05) is 31.2 Å². The zero-order valence-corrected chi connectivity index (χ0v) is 21.4. The number of aryl methyl sites for hydroxylation is 1. The monoisotopic (exact) mass is 505 g/mol. The molecule has 0 spiro atoms. The van der Waals surface area contributed by atoms with Crippen LogP contribution < -0.4 is 29.7 Å². The summed E-state index contributed by atoms with van der Waals surface area (Å²) in [6.45, 7) is 4.80. The third kappa shape index (κ3) is 5.95. The average molecular weight is 506 g/mol. The largest absolute Gasteiger partial charge is 0.493 e. The summed E-state index contributed by atoms with van der Waals surface area (Å²) in [5, 5.41) is 5.84. The maximum Gasteiger partial charge on any atom is 0.255 e. The first-order valence-corrected chi connectivity index (χ1v) is 11.9. The fourth-order valence-corrected chi connectivity index (χ4v) is 4.11. The first-order valence-electron chi connectivity index (χ1n) is 11.9. The van der Waals surface area contributed by atoms with Crippen molar-refractivity contribution in [3.05, 3.63) is 71.3 Å². The van der Waals surface area contributed by atoms with Gasteiger partial charge >= 0.3 is 0 Å². The molecular formula is C28H31N3O6. The fraction of sp³-hybridized carbons (Fsp3) is 0.286. The molecule has 0 aliphatic carbocycles. The van der Waals surface area contributed by atoms with E-state index < -0.39 is 0 Å². The van der Waals surface area contributed by atoms with Crippen LogP contribution in [0.5, 0.6) is 17.2 Å². The summed E-state index contributed by atoms with van der Waals surface area (Å²) >= 11 is 0. The van der Waals surface area contributed by atoms with Gasteiger partial charge in [-0.3, -0.25) is 9.59 Å². The van der Waals surface area contributed by atoms with Gasteiger partial charge in [0.25, 0.3) is 11.8 Å². The van der Waals surface area contributed by atoms with Crippen LogP contribution in [-0.4, -0.2) is 59.4 Å². The van der Waals surface area contributed by atoms with E-state index in [9.17, 15) is 9.59 Å². The first-order chi connectivity index (χ1) is 17.9. The van der Waals surface area contributed by atoms with E-state index >= 15 is 0 Å². The molecule has 37 heavy (non-hydrogen) atoms. The zero-order valence-electron chi connectivity index (χ0n) is 21.4. The lowest BCUT2D eigenvalue weighted by molar-refractivity contribution is 0.101. The SMILES string of the molecule is COc1cc(C(=O)Nc2cc(NC(=O)c3cccc(N4CCOCC4)c3)ccc2C)cc(OC)c1OC. The van der Waals surface area contributed by atoms with Gasteiger partial charge < -0.3 is 34.5 Å². The van der Waals surface area contributed by atoms with E-state index in [0.29, 0.717) is 53.0 Å². The van der Waals surface area contributed by atoms with Crippen LogP contribution in [0.1, 0.15) is 26.3 Å². The van der Waals surface area contributed by atoms with E-state index in [4.69, 9.17) is 18.9 Å². The molecule has 1 fully saturated rings. The fourth-order valence-electron chi connectivity index (χ4n) is 4.11. The molecule has 0 bridgehead atoms.